The molecular weight excluding hydrogens is 360 g/mol. The summed E-state index contributed by atoms with van der Waals surface area (Å²) >= 11 is 9.24. The molecule has 0 aliphatic carbocycles. The Morgan fingerprint density at radius 2 is 1.86 bits per heavy atom. The van der Waals surface area contributed by atoms with Gasteiger partial charge in [-0.15, -0.1) is 0 Å². The van der Waals surface area contributed by atoms with Crippen LogP contribution in [0.15, 0.2) is 45.5 Å². The molecule has 0 unspecified atom stereocenters. The van der Waals surface area contributed by atoms with Crippen molar-refractivity contribution in [3.8, 4) is 0 Å². The fourth-order valence-corrected chi connectivity index (χ4v) is 2.18. The molecule has 0 saturated carbocycles. The van der Waals surface area contributed by atoms with E-state index in [0.29, 0.717) is 10.6 Å². The summed E-state index contributed by atoms with van der Waals surface area (Å²) in [6.07, 6.45) is 1.42. The van der Waals surface area contributed by atoms with Crippen LogP contribution in [0.25, 0.3) is 0 Å². The second-order valence-corrected chi connectivity index (χ2v) is 5.44. The second kappa shape index (κ2) is 7.28. The first-order chi connectivity index (χ1) is 10.1. The summed E-state index contributed by atoms with van der Waals surface area (Å²) in [7, 11) is 0. The summed E-state index contributed by atoms with van der Waals surface area (Å²) in [4.78, 5) is 23.5. The van der Waals surface area contributed by atoms with Crippen LogP contribution in [0, 0.1) is 0 Å². The third kappa shape index (κ3) is 4.34. The molecule has 1 aromatic heterocycles. The number of furan rings is 1. The van der Waals surface area contributed by atoms with Gasteiger partial charge in [0.05, 0.1) is 16.8 Å². The minimum absolute atomic E-state index is 0.233. The van der Waals surface area contributed by atoms with Crippen LogP contribution >= 0.6 is 27.5 Å². The van der Waals surface area contributed by atoms with E-state index in [1.54, 1.807) is 30.3 Å². The quantitative estimate of drug-likeness (QED) is 0.794. The second-order valence-electron chi connectivity index (χ2n) is 4.11. The first-order valence-corrected chi connectivity index (χ1v) is 7.30. The lowest BCUT2D eigenvalue weighted by atomic mass is 10.2. The van der Waals surface area contributed by atoms with Crippen LogP contribution in [0.5, 0.6) is 0 Å². The highest BCUT2D eigenvalue weighted by Gasteiger charge is 2.11. The van der Waals surface area contributed by atoms with Crippen LogP contribution in [0.4, 0.5) is 0 Å². The maximum absolute atomic E-state index is 11.9. The van der Waals surface area contributed by atoms with Gasteiger partial charge >= 0.3 is 0 Å². The molecule has 5 nitrogen and oxygen atoms in total. The summed E-state index contributed by atoms with van der Waals surface area (Å²) in [5, 5.41) is 5.68. The fourth-order valence-electron chi connectivity index (χ4n) is 1.61. The Bertz CT molecular complexity index is 644. The monoisotopic (exact) mass is 370 g/mol. The van der Waals surface area contributed by atoms with Crippen LogP contribution in [-0.2, 0) is 0 Å². The Kier molecular flexibility index (Phi) is 5.41. The van der Waals surface area contributed by atoms with Gasteiger partial charge in [-0.2, -0.15) is 0 Å². The molecule has 1 aromatic carbocycles. The number of hydrogen-bond acceptors (Lipinski definition) is 3. The van der Waals surface area contributed by atoms with E-state index in [1.807, 2.05) is 0 Å². The van der Waals surface area contributed by atoms with Gasteiger partial charge < -0.3 is 15.1 Å². The van der Waals surface area contributed by atoms with Crippen molar-refractivity contribution in [3.05, 3.63) is 57.4 Å². The zero-order chi connectivity index (χ0) is 15.2. The van der Waals surface area contributed by atoms with Crippen LogP contribution < -0.4 is 10.6 Å². The lowest BCUT2D eigenvalue weighted by Crippen LogP contribution is -2.34. The molecule has 1 heterocycles. The predicted octanol–water partition coefficient (Wildman–Crippen LogP) is 2.86. The number of carbonyl (C=O) groups excluding carboxylic acids is 2. The van der Waals surface area contributed by atoms with Crippen LogP contribution in [0.3, 0.4) is 0 Å². The standard InChI is InChI=1S/C14H12BrClN2O3/c15-9-3-4-11(16)10(8-9)13(19)17-5-6-18-14(20)12-2-1-7-21-12/h1-4,7-8H,5-6H2,(H,17,19)(H,18,20). The number of nitrogens with one attached hydrogen (secondary N) is 2. The summed E-state index contributed by atoms with van der Waals surface area (Å²) < 4.78 is 5.72. The SMILES string of the molecule is O=C(NCCNC(=O)c1cc(Br)ccc1Cl)c1ccco1. The molecule has 0 aliphatic heterocycles. The van der Waals surface area contributed by atoms with E-state index < -0.39 is 0 Å². The van der Waals surface area contributed by atoms with E-state index in [4.69, 9.17) is 16.0 Å². The molecule has 21 heavy (non-hydrogen) atoms. The fraction of sp³-hybridized carbons (Fsp3) is 0.143. The minimum atomic E-state index is -0.324. The molecule has 0 aliphatic rings. The van der Waals surface area contributed by atoms with Crippen molar-refractivity contribution in [2.75, 3.05) is 13.1 Å². The van der Waals surface area contributed by atoms with Crippen molar-refractivity contribution in [2.45, 2.75) is 0 Å². The van der Waals surface area contributed by atoms with Gasteiger partial charge in [0.25, 0.3) is 11.8 Å². The molecule has 0 fully saturated rings. The zero-order valence-corrected chi connectivity index (χ0v) is 13.2. The smallest absolute Gasteiger partial charge is 0.287 e. The number of benzene rings is 1. The van der Waals surface area contributed by atoms with Gasteiger partial charge in [-0.1, -0.05) is 27.5 Å². The molecule has 0 atom stereocenters. The number of rotatable bonds is 5. The Morgan fingerprint density at radius 3 is 2.52 bits per heavy atom. The van der Waals surface area contributed by atoms with Gasteiger partial charge in [0.1, 0.15) is 0 Å². The molecule has 2 amide bonds. The molecule has 110 valence electrons. The van der Waals surface area contributed by atoms with Crippen molar-refractivity contribution >= 4 is 39.3 Å². The molecule has 7 heteroatoms. The largest absolute Gasteiger partial charge is 0.459 e. The van der Waals surface area contributed by atoms with E-state index in [9.17, 15) is 9.59 Å². The molecule has 2 N–H and O–H groups in total. The normalized spacial score (nSPS) is 10.2. The van der Waals surface area contributed by atoms with Gasteiger partial charge in [0.2, 0.25) is 0 Å². The van der Waals surface area contributed by atoms with Gasteiger partial charge in [-0.3, -0.25) is 9.59 Å². The Labute approximate surface area is 134 Å². The van der Waals surface area contributed by atoms with Crippen molar-refractivity contribution in [1.82, 2.24) is 10.6 Å². The number of hydrogen-bond donors (Lipinski definition) is 2. The highest BCUT2D eigenvalue weighted by Crippen LogP contribution is 2.20. The lowest BCUT2D eigenvalue weighted by molar-refractivity contribution is 0.0910. The number of carbonyl (C=O) groups is 2. The van der Waals surface area contributed by atoms with Crippen LogP contribution in [0.1, 0.15) is 20.9 Å². The van der Waals surface area contributed by atoms with E-state index in [1.165, 1.54) is 6.26 Å². The van der Waals surface area contributed by atoms with Crippen LogP contribution in [0.2, 0.25) is 5.02 Å². The predicted molar refractivity (Wildman–Crippen MR) is 82.5 cm³/mol. The third-order valence-corrected chi connectivity index (χ3v) is 3.44. The molecule has 0 bridgehead atoms. The Balaban J connectivity index is 1.79. The first-order valence-electron chi connectivity index (χ1n) is 6.13. The highest BCUT2D eigenvalue weighted by atomic mass is 79.9. The van der Waals surface area contributed by atoms with Gasteiger partial charge in [-0.25, -0.2) is 0 Å². The molecule has 0 spiro atoms. The number of halogens is 2. The Morgan fingerprint density at radius 1 is 1.14 bits per heavy atom. The highest BCUT2D eigenvalue weighted by molar-refractivity contribution is 9.10. The van der Waals surface area contributed by atoms with E-state index >= 15 is 0 Å². The van der Waals surface area contributed by atoms with Gasteiger partial charge in [0, 0.05) is 17.6 Å². The molecule has 0 radical (unpaired) electrons. The average molecular weight is 372 g/mol. The van der Waals surface area contributed by atoms with Crippen molar-refractivity contribution in [1.29, 1.82) is 0 Å². The summed E-state index contributed by atoms with van der Waals surface area (Å²) in [5.41, 5.74) is 0.378. The van der Waals surface area contributed by atoms with Gasteiger partial charge in [-0.05, 0) is 30.3 Å². The third-order valence-electron chi connectivity index (χ3n) is 2.61. The van der Waals surface area contributed by atoms with E-state index in [-0.39, 0.29) is 30.7 Å². The summed E-state index contributed by atoms with van der Waals surface area (Å²) in [6.45, 7) is 0.574. The molecule has 0 saturated heterocycles. The van der Waals surface area contributed by atoms with Crippen molar-refractivity contribution in [2.24, 2.45) is 0 Å². The molecule has 2 rings (SSSR count). The topological polar surface area (TPSA) is 71.3 Å². The Hall–Kier alpha value is -1.79. The van der Waals surface area contributed by atoms with Crippen molar-refractivity contribution < 1.29 is 14.0 Å². The molecular formula is C14H12BrClN2O3. The van der Waals surface area contributed by atoms with Gasteiger partial charge in [0.15, 0.2) is 5.76 Å². The minimum Gasteiger partial charge on any atom is -0.459 e. The first kappa shape index (κ1) is 15.6. The lowest BCUT2D eigenvalue weighted by Gasteiger charge is -2.08. The average Bonchev–Trinajstić information content (AvgIpc) is 3.00. The zero-order valence-electron chi connectivity index (χ0n) is 10.9. The van der Waals surface area contributed by atoms with E-state index in [0.717, 1.165) is 4.47 Å². The van der Waals surface area contributed by atoms with Crippen LogP contribution in [-0.4, -0.2) is 24.9 Å². The van der Waals surface area contributed by atoms with Crippen molar-refractivity contribution in [3.63, 3.8) is 0 Å². The maximum atomic E-state index is 11.9. The molecule has 2 aromatic rings. The van der Waals surface area contributed by atoms with E-state index in [2.05, 4.69) is 26.6 Å². The summed E-state index contributed by atoms with van der Waals surface area (Å²) in [5.74, 6) is -0.389. The maximum Gasteiger partial charge on any atom is 0.287 e. The summed E-state index contributed by atoms with van der Waals surface area (Å²) in [6, 6.07) is 8.22. The number of amides is 2.